The molecular weight excluding hydrogens is 1050 g/mol. The molecule has 3 heteroatoms. The average molecular weight is 1140 g/mol. The Morgan fingerprint density at radius 3 is 0.851 bits per heavy atom. The molecule has 0 amide bonds. The SMILES string of the molecule is CC(C)(C)c1cccc(-c2cc(-c3cccc(C(C)(C)C)c3)cc(-c3cc4c5c(c3)N(c3cc(C(C)(C)C)cc(C(C)(C)C)c3)c3ccc(-c6ccccc6)cc3B5c3cc(-c5ccccc5)ccc3N4c3cc(C(C)(C)C)cc(C(C)(C)C)c3)c2)c1. The zero-order chi connectivity index (χ0) is 61.9. The van der Waals surface area contributed by atoms with Gasteiger partial charge in [0.25, 0.3) is 6.71 Å². The van der Waals surface area contributed by atoms with Crippen LogP contribution in [0.1, 0.15) is 158 Å². The Labute approximate surface area is 522 Å². The summed E-state index contributed by atoms with van der Waals surface area (Å²) in [4.78, 5) is 5.32. The number of fused-ring (bicyclic) bond motifs is 4. The summed E-state index contributed by atoms with van der Waals surface area (Å²) in [5.41, 5.74) is 30.4. The van der Waals surface area contributed by atoms with Gasteiger partial charge >= 0.3 is 0 Å². The number of nitrogens with zero attached hydrogens (tertiary/aromatic N) is 2. The Morgan fingerprint density at radius 2 is 0.517 bits per heavy atom. The van der Waals surface area contributed by atoms with Crippen LogP contribution in [0, 0.1) is 0 Å². The van der Waals surface area contributed by atoms with Crippen molar-refractivity contribution in [1.29, 1.82) is 0 Å². The minimum atomic E-state index is -0.128. The predicted molar refractivity (Wildman–Crippen MR) is 380 cm³/mol. The maximum absolute atomic E-state index is 2.66. The standard InChI is InChI=1S/C84H89BN2/c1-79(2,3)64-33-25-31-56(42-64)60-39-61(57-32-26-34-65(43-57)80(4,5)6)41-62(40-60)63-46-76-78-77(47-63)87(71-52-68(83(13,14)15)49-69(53-71)84(16,17)18)75-38-36-59(55-29-23-20-24-30-55)45-73(75)85(78)72-44-58(54-27-21-19-22-28-54)35-37-74(72)86(76)70-50-66(81(7,8)9)48-67(51-70)82(10,11)12/h19-53H,1-18H3. The van der Waals surface area contributed by atoms with E-state index in [0.717, 1.165) is 0 Å². The van der Waals surface area contributed by atoms with Crippen LogP contribution in [0.25, 0.3) is 55.6 Å². The molecule has 2 aliphatic heterocycles. The highest BCUT2D eigenvalue weighted by molar-refractivity contribution is 7.00. The third-order valence-corrected chi connectivity index (χ3v) is 18.5. The molecule has 0 atom stereocenters. The Bertz CT molecular complexity index is 3940. The summed E-state index contributed by atoms with van der Waals surface area (Å²) in [5, 5.41) is 0. The molecule has 0 bridgehead atoms. The van der Waals surface area contributed by atoms with Gasteiger partial charge in [0.15, 0.2) is 0 Å². The molecule has 0 N–H and O–H groups in total. The second kappa shape index (κ2) is 21.3. The van der Waals surface area contributed by atoms with Gasteiger partial charge in [-0.05, 0) is 205 Å². The third kappa shape index (κ3) is 11.4. The minimum absolute atomic E-state index is 0.0211. The largest absolute Gasteiger partial charge is 0.311 e. The topological polar surface area (TPSA) is 6.48 Å². The summed E-state index contributed by atoms with van der Waals surface area (Å²) in [6, 6.07) is 82.6. The highest BCUT2D eigenvalue weighted by atomic mass is 15.2. The average Bonchev–Trinajstić information content (AvgIpc) is 0.703. The first-order chi connectivity index (χ1) is 40.9. The van der Waals surface area contributed by atoms with E-state index in [0.29, 0.717) is 0 Å². The van der Waals surface area contributed by atoms with Crippen LogP contribution in [0.3, 0.4) is 0 Å². The summed E-state index contributed by atoms with van der Waals surface area (Å²) in [6.45, 7) is 42.2. The quantitative estimate of drug-likeness (QED) is 0.147. The van der Waals surface area contributed by atoms with Crippen molar-refractivity contribution in [3.05, 3.63) is 246 Å². The van der Waals surface area contributed by atoms with Gasteiger partial charge in [0.1, 0.15) is 0 Å². The molecule has 2 nitrogen and oxygen atoms in total. The van der Waals surface area contributed by atoms with Gasteiger partial charge in [-0.25, -0.2) is 0 Å². The molecule has 12 rings (SSSR count). The first-order valence-electron chi connectivity index (χ1n) is 31.7. The van der Waals surface area contributed by atoms with Crippen LogP contribution in [0.5, 0.6) is 0 Å². The fourth-order valence-corrected chi connectivity index (χ4v) is 13.0. The van der Waals surface area contributed by atoms with Crippen molar-refractivity contribution in [3.8, 4) is 55.6 Å². The monoisotopic (exact) mass is 1140 g/mol. The van der Waals surface area contributed by atoms with Crippen molar-refractivity contribution >= 4 is 57.2 Å². The highest BCUT2D eigenvalue weighted by Crippen LogP contribution is 2.50. The summed E-state index contributed by atoms with van der Waals surface area (Å²) in [7, 11) is 0. The van der Waals surface area contributed by atoms with Crippen LogP contribution in [0.15, 0.2) is 212 Å². The second-order valence-electron chi connectivity index (χ2n) is 31.3. The van der Waals surface area contributed by atoms with E-state index in [1.54, 1.807) is 0 Å². The zero-order valence-corrected chi connectivity index (χ0v) is 55.2. The molecule has 0 aromatic heterocycles. The lowest BCUT2D eigenvalue weighted by Crippen LogP contribution is -2.61. The van der Waals surface area contributed by atoms with Crippen molar-refractivity contribution in [2.75, 3.05) is 9.80 Å². The van der Waals surface area contributed by atoms with Gasteiger partial charge in [0.2, 0.25) is 0 Å². The molecule has 0 aliphatic carbocycles. The zero-order valence-electron chi connectivity index (χ0n) is 55.2. The van der Waals surface area contributed by atoms with E-state index in [-0.39, 0.29) is 39.2 Å². The first kappa shape index (κ1) is 59.2. The van der Waals surface area contributed by atoms with Crippen LogP contribution in [-0.4, -0.2) is 6.71 Å². The lowest BCUT2D eigenvalue weighted by Gasteiger charge is -2.45. The number of hydrogen-bond acceptors (Lipinski definition) is 2. The van der Waals surface area contributed by atoms with Gasteiger partial charge in [0.05, 0.1) is 0 Å². The fourth-order valence-electron chi connectivity index (χ4n) is 13.0. The Balaban J connectivity index is 1.26. The summed E-state index contributed by atoms with van der Waals surface area (Å²) in [6.07, 6.45) is 0. The molecule has 0 unspecified atom stereocenters. The number of anilines is 6. The lowest BCUT2D eigenvalue weighted by molar-refractivity contribution is 0.568. The molecule has 2 heterocycles. The molecular formula is C84H89BN2. The molecule has 10 aromatic rings. The second-order valence-corrected chi connectivity index (χ2v) is 31.3. The van der Waals surface area contributed by atoms with E-state index >= 15 is 0 Å². The number of hydrogen-bond donors (Lipinski definition) is 0. The Hall–Kier alpha value is -8.14. The molecule has 87 heavy (non-hydrogen) atoms. The molecule has 2 aliphatic rings. The van der Waals surface area contributed by atoms with Gasteiger partial charge < -0.3 is 9.80 Å². The molecule has 0 spiro atoms. The summed E-state index contributed by atoms with van der Waals surface area (Å²) >= 11 is 0. The van der Waals surface area contributed by atoms with Gasteiger partial charge in [-0.2, -0.15) is 0 Å². The molecule has 438 valence electrons. The van der Waals surface area contributed by atoms with Crippen molar-refractivity contribution in [1.82, 2.24) is 0 Å². The van der Waals surface area contributed by atoms with Crippen molar-refractivity contribution in [2.45, 2.75) is 157 Å². The smallest absolute Gasteiger partial charge is 0.252 e. The van der Waals surface area contributed by atoms with Gasteiger partial charge in [-0.1, -0.05) is 270 Å². The molecule has 0 saturated carbocycles. The summed E-state index contributed by atoms with van der Waals surface area (Å²) < 4.78 is 0. The van der Waals surface area contributed by atoms with Crippen LogP contribution < -0.4 is 26.2 Å². The molecule has 0 fully saturated rings. The van der Waals surface area contributed by atoms with E-state index in [2.05, 4.69) is 347 Å². The maximum atomic E-state index is 2.66. The van der Waals surface area contributed by atoms with Crippen LogP contribution in [0.4, 0.5) is 34.1 Å². The third-order valence-electron chi connectivity index (χ3n) is 18.5. The van der Waals surface area contributed by atoms with Crippen molar-refractivity contribution in [3.63, 3.8) is 0 Å². The molecule has 10 aromatic carbocycles. The maximum Gasteiger partial charge on any atom is 0.252 e. The van der Waals surface area contributed by atoms with Gasteiger partial charge in [-0.3, -0.25) is 0 Å². The van der Waals surface area contributed by atoms with E-state index < -0.39 is 0 Å². The predicted octanol–water partition coefficient (Wildman–Crippen LogP) is 21.9. The van der Waals surface area contributed by atoms with Crippen molar-refractivity contribution < 1.29 is 0 Å². The summed E-state index contributed by atoms with van der Waals surface area (Å²) in [5.74, 6) is 0. The van der Waals surface area contributed by atoms with E-state index in [1.165, 1.54) is 140 Å². The van der Waals surface area contributed by atoms with Crippen LogP contribution in [0.2, 0.25) is 0 Å². The minimum Gasteiger partial charge on any atom is -0.311 e. The van der Waals surface area contributed by atoms with E-state index in [1.807, 2.05) is 0 Å². The Morgan fingerprint density at radius 1 is 0.218 bits per heavy atom. The van der Waals surface area contributed by atoms with E-state index in [4.69, 9.17) is 0 Å². The normalized spacial score (nSPS) is 13.6. The molecule has 0 saturated heterocycles. The van der Waals surface area contributed by atoms with Crippen LogP contribution >= 0.6 is 0 Å². The first-order valence-corrected chi connectivity index (χ1v) is 31.7. The highest BCUT2D eigenvalue weighted by Gasteiger charge is 2.45. The van der Waals surface area contributed by atoms with E-state index in [9.17, 15) is 0 Å². The Kier molecular flexibility index (Phi) is 14.5. The number of rotatable bonds is 7. The lowest BCUT2D eigenvalue weighted by atomic mass is 9.33. The van der Waals surface area contributed by atoms with Crippen molar-refractivity contribution in [2.24, 2.45) is 0 Å². The van der Waals surface area contributed by atoms with Crippen LogP contribution in [-0.2, 0) is 32.5 Å². The van der Waals surface area contributed by atoms with Gasteiger partial charge in [0, 0.05) is 34.1 Å². The molecule has 0 radical (unpaired) electrons. The van der Waals surface area contributed by atoms with Gasteiger partial charge in [-0.15, -0.1) is 0 Å². The number of benzene rings is 10. The fraction of sp³-hybridized carbons (Fsp3) is 0.286.